The van der Waals surface area contributed by atoms with E-state index >= 15 is 0 Å². The van der Waals surface area contributed by atoms with Crippen LogP contribution >= 0.6 is 12.2 Å². The Morgan fingerprint density at radius 2 is 1.88 bits per heavy atom. The van der Waals surface area contributed by atoms with Crippen molar-refractivity contribution in [3.05, 3.63) is 113 Å². The Balaban J connectivity index is 1.63. The molecule has 34 heavy (non-hydrogen) atoms. The van der Waals surface area contributed by atoms with Crippen LogP contribution in [0, 0.1) is 26.6 Å². The van der Waals surface area contributed by atoms with Gasteiger partial charge in [0.1, 0.15) is 5.82 Å². The van der Waals surface area contributed by atoms with Gasteiger partial charge in [-0.15, -0.1) is 0 Å². The molecule has 5 nitrogen and oxygen atoms in total. The number of halogens is 1. The topological polar surface area (TPSA) is 46.0 Å². The predicted molar refractivity (Wildman–Crippen MR) is 136 cm³/mol. The number of pyridine rings is 2. The van der Waals surface area contributed by atoms with Crippen molar-refractivity contribution < 1.29 is 4.39 Å². The monoisotopic (exact) mass is 471 g/mol. The van der Waals surface area contributed by atoms with Crippen molar-refractivity contribution >= 4 is 23.0 Å². The van der Waals surface area contributed by atoms with Crippen molar-refractivity contribution in [2.24, 2.45) is 0 Å². The second kappa shape index (κ2) is 8.99. The van der Waals surface area contributed by atoms with Crippen LogP contribution in [0.1, 0.15) is 45.9 Å². The number of nitrogens with one attached hydrogen (secondary N) is 1. The SMILES string of the molecule is Cc1cc(N2C(=S)N[C@H](c3ccccn3)[C@@H]2c2cc(C)n(Cc3cccnc3)c2C)ccc1F. The van der Waals surface area contributed by atoms with E-state index in [0.717, 1.165) is 40.4 Å². The molecular weight excluding hydrogens is 445 g/mol. The Kier molecular flexibility index (Phi) is 5.87. The molecule has 0 saturated carbocycles. The summed E-state index contributed by atoms with van der Waals surface area (Å²) in [6.45, 7) is 6.77. The lowest BCUT2D eigenvalue weighted by molar-refractivity contribution is 0.563. The zero-order chi connectivity index (χ0) is 23.8. The molecule has 172 valence electrons. The lowest BCUT2D eigenvalue weighted by Gasteiger charge is -2.28. The molecule has 0 bridgehead atoms. The van der Waals surface area contributed by atoms with Gasteiger partial charge >= 0.3 is 0 Å². The third kappa shape index (κ3) is 3.96. The van der Waals surface area contributed by atoms with Gasteiger partial charge in [-0.2, -0.15) is 0 Å². The number of hydrogen-bond donors (Lipinski definition) is 1. The Labute approximate surface area is 204 Å². The fourth-order valence-corrected chi connectivity index (χ4v) is 5.12. The van der Waals surface area contributed by atoms with Crippen molar-refractivity contribution in [3.63, 3.8) is 0 Å². The largest absolute Gasteiger partial charge is 0.351 e. The van der Waals surface area contributed by atoms with E-state index in [1.54, 1.807) is 25.4 Å². The predicted octanol–water partition coefficient (Wildman–Crippen LogP) is 5.57. The fraction of sp³-hybridized carbons (Fsp3) is 0.222. The van der Waals surface area contributed by atoms with E-state index in [9.17, 15) is 4.39 Å². The van der Waals surface area contributed by atoms with Crippen molar-refractivity contribution in [1.82, 2.24) is 19.9 Å². The molecule has 1 N–H and O–H groups in total. The summed E-state index contributed by atoms with van der Waals surface area (Å²) in [5.41, 5.74) is 6.97. The minimum Gasteiger partial charge on any atom is -0.351 e. The zero-order valence-corrected chi connectivity index (χ0v) is 20.2. The Morgan fingerprint density at radius 3 is 2.59 bits per heavy atom. The molecule has 1 aromatic carbocycles. The molecule has 7 heteroatoms. The maximum atomic E-state index is 14.1. The summed E-state index contributed by atoms with van der Waals surface area (Å²) in [5, 5.41) is 4.09. The van der Waals surface area contributed by atoms with Gasteiger partial charge in [-0.05, 0) is 92.1 Å². The van der Waals surface area contributed by atoms with Crippen molar-refractivity contribution in [1.29, 1.82) is 0 Å². The fourth-order valence-electron chi connectivity index (χ4n) is 4.77. The summed E-state index contributed by atoms with van der Waals surface area (Å²) in [7, 11) is 0. The van der Waals surface area contributed by atoms with Gasteiger partial charge in [-0.1, -0.05) is 12.1 Å². The van der Waals surface area contributed by atoms with Crippen LogP contribution in [0.5, 0.6) is 0 Å². The van der Waals surface area contributed by atoms with E-state index in [1.807, 2.05) is 36.5 Å². The van der Waals surface area contributed by atoms with Gasteiger partial charge in [0.2, 0.25) is 0 Å². The quantitative estimate of drug-likeness (QED) is 0.386. The molecule has 4 aromatic rings. The average molecular weight is 472 g/mol. The summed E-state index contributed by atoms with van der Waals surface area (Å²) < 4.78 is 16.4. The first-order valence-electron chi connectivity index (χ1n) is 11.3. The molecule has 3 aromatic heterocycles. The minimum absolute atomic E-state index is 0.138. The highest BCUT2D eigenvalue weighted by atomic mass is 32.1. The lowest BCUT2D eigenvalue weighted by Crippen LogP contribution is -2.29. The second-order valence-corrected chi connectivity index (χ2v) is 9.09. The summed E-state index contributed by atoms with van der Waals surface area (Å²) in [5.74, 6) is -0.228. The summed E-state index contributed by atoms with van der Waals surface area (Å²) in [6.07, 6.45) is 5.48. The van der Waals surface area contributed by atoms with Gasteiger partial charge in [-0.25, -0.2) is 4.39 Å². The van der Waals surface area contributed by atoms with Gasteiger partial charge < -0.3 is 14.8 Å². The summed E-state index contributed by atoms with van der Waals surface area (Å²) in [4.78, 5) is 11.0. The van der Waals surface area contributed by atoms with E-state index in [2.05, 4.69) is 50.7 Å². The number of thiocarbonyl (C=S) groups is 1. The summed E-state index contributed by atoms with van der Waals surface area (Å²) >= 11 is 5.82. The van der Waals surface area contributed by atoms with Gasteiger partial charge in [0.05, 0.1) is 17.8 Å². The minimum atomic E-state index is -0.228. The number of rotatable bonds is 5. The average Bonchev–Trinajstić information content (AvgIpc) is 3.33. The molecule has 2 atom stereocenters. The highest BCUT2D eigenvalue weighted by molar-refractivity contribution is 7.80. The highest BCUT2D eigenvalue weighted by Gasteiger charge is 2.42. The van der Waals surface area contributed by atoms with E-state index < -0.39 is 0 Å². The van der Waals surface area contributed by atoms with E-state index in [-0.39, 0.29) is 17.9 Å². The number of nitrogens with zero attached hydrogens (tertiary/aromatic N) is 4. The van der Waals surface area contributed by atoms with Crippen molar-refractivity contribution in [2.45, 2.75) is 39.4 Å². The van der Waals surface area contributed by atoms with Crippen LogP contribution in [0.2, 0.25) is 0 Å². The van der Waals surface area contributed by atoms with Crippen molar-refractivity contribution in [2.75, 3.05) is 4.90 Å². The van der Waals surface area contributed by atoms with Gasteiger partial charge in [0, 0.05) is 42.2 Å². The molecular formula is C27H26FN5S. The third-order valence-corrected chi connectivity index (χ3v) is 6.83. The Morgan fingerprint density at radius 1 is 1.03 bits per heavy atom. The van der Waals surface area contributed by atoms with Crippen LogP contribution in [0.4, 0.5) is 10.1 Å². The van der Waals surface area contributed by atoms with Gasteiger partial charge in [-0.3, -0.25) is 9.97 Å². The molecule has 0 unspecified atom stereocenters. The van der Waals surface area contributed by atoms with Gasteiger partial charge in [0.15, 0.2) is 5.11 Å². The molecule has 0 radical (unpaired) electrons. The third-order valence-electron chi connectivity index (χ3n) is 6.51. The Hall–Kier alpha value is -3.58. The van der Waals surface area contributed by atoms with E-state index in [1.165, 1.54) is 6.07 Å². The Bertz CT molecular complexity index is 1340. The first kappa shape index (κ1) is 22.2. The molecule has 0 aliphatic carbocycles. The van der Waals surface area contributed by atoms with Gasteiger partial charge in [0.25, 0.3) is 0 Å². The van der Waals surface area contributed by atoms with E-state index in [4.69, 9.17) is 12.2 Å². The number of aromatic nitrogens is 3. The van der Waals surface area contributed by atoms with Crippen molar-refractivity contribution in [3.8, 4) is 0 Å². The van der Waals surface area contributed by atoms with Crippen LogP contribution in [0.3, 0.4) is 0 Å². The van der Waals surface area contributed by atoms with Crippen LogP contribution in [0.25, 0.3) is 0 Å². The second-order valence-electron chi connectivity index (χ2n) is 8.70. The normalized spacial score (nSPS) is 17.8. The first-order chi connectivity index (χ1) is 16.4. The molecule has 4 heterocycles. The molecule has 1 aliphatic rings. The zero-order valence-electron chi connectivity index (χ0n) is 19.4. The smallest absolute Gasteiger partial charge is 0.174 e. The van der Waals surface area contributed by atoms with Crippen LogP contribution in [0.15, 0.2) is 73.2 Å². The lowest BCUT2D eigenvalue weighted by atomic mass is 9.96. The molecule has 1 aliphatic heterocycles. The number of aryl methyl sites for hydroxylation is 2. The number of benzene rings is 1. The maximum absolute atomic E-state index is 14.1. The standard InChI is InChI=1S/C27H26FN5S/c1-17-13-21(9-10-23(17)28)33-26(25(31-27(33)34)24-8-4-5-12-30-24)22-14-18(2)32(19(22)3)16-20-7-6-11-29-15-20/h4-15,25-26H,16H2,1-3H3,(H,31,34)/t25-,26+/m1/s1. The molecule has 1 fully saturated rings. The molecule has 0 spiro atoms. The molecule has 0 amide bonds. The molecule has 1 saturated heterocycles. The summed E-state index contributed by atoms with van der Waals surface area (Å²) in [6, 6.07) is 17.0. The molecule has 5 rings (SSSR count). The number of hydrogen-bond acceptors (Lipinski definition) is 3. The van der Waals surface area contributed by atoms with Crippen LogP contribution in [-0.4, -0.2) is 19.6 Å². The highest BCUT2D eigenvalue weighted by Crippen LogP contribution is 2.43. The first-order valence-corrected chi connectivity index (χ1v) is 11.7. The number of anilines is 1. The van der Waals surface area contributed by atoms with Crippen LogP contribution in [-0.2, 0) is 6.54 Å². The van der Waals surface area contributed by atoms with E-state index in [0.29, 0.717) is 10.7 Å². The van der Waals surface area contributed by atoms with Crippen LogP contribution < -0.4 is 10.2 Å². The maximum Gasteiger partial charge on any atom is 0.174 e.